The van der Waals surface area contributed by atoms with E-state index in [0.717, 1.165) is 37.3 Å². The quantitative estimate of drug-likeness (QED) is 0.323. The smallest absolute Gasteiger partial charge is 0.254 e. The number of fused-ring (bicyclic) bond motifs is 1. The van der Waals surface area contributed by atoms with E-state index in [1.54, 1.807) is 49.9 Å². The molecule has 11 heteroatoms. The Labute approximate surface area is 244 Å². The Bertz CT molecular complexity index is 1620. The number of methoxy groups -OCH3 is 1. The van der Waals surface area contributed by atoms with Gasteiger partial charge in [0.25, 0.3) is 5.91 Å². The lowest BCUT2D eigenvalue weighted by atomic mass is 10.1. The molecule has 0 aliphatic carbocycles. The summed E-state index contributed by atoms with van der Waals surface area (Å²) >= 11 is 0. The Morgan fingerprint density at radius 3 is 2.67 bits per heavy atom. The summed E-state index contributed by atoms with van der Waals surface area (Å²) in [6.45, 7) is 4.31. The summed E-state index contributed by atoms with van der Waals surface area (Å²) in [7, 11) is 7.17. The fourth-order valence-electron chi connectivity index (χ4n) is 5.47. The molecule has 1 fully saturated rings. The Kier molecular flexibility index (Phi) is 8.39. The molecule has 5 rings (SSSR count). The number of hydrogen-bond donors (Lipinski definition) is 1. The molecule has 0 spiro atoms. The number of hydrogen-bond acceptors (Lipinski definition) is 7. The fraction of sp³-hybridized carbons (Fsp3) is 0.355. The number of carbonyl (C=O) groups is 2. The van der Waals surface area contributed by atoms with E-state index in [-0.39, 0.29) is 24.1 Å². The third-order valence-corrected chi connectivity index (χ3v) is 7.58. The summed E-state index contributed by atoms with van der Waals surface area (Å²) in [6, 6.07) is 10.2. The van der Waals surface area contributed by atoms with Gasteiger partial charge in [0, 0.05) is 55.9 Å². The first-order valence-corrected chi connectivity index (χ1v) is 13.9. The molecule has 1 saturated heterocycles. The van der Waals surface area contributed by atoms with E-state index in [9.17, 15) is 14.0 Å². The standard InChI is InChI=1S/C31H36FN7O3/c1-20-14-23(7-8-24(20)31(41)37(4)19-28(40)38-12-10-21(18-38)17-36(2)3)35-29-30-34-16-26(39(30)13-11-33-29)22-6-9-27(42-5)25(32)15-22/h6-9,11,13-16,21H,10,12,17-19H2,1-5H3,(H,33,35). The van der Waals surface area contributed by atoms with Crippen LogP contribution in [0, 0.1) is 18.7 Å². The van der Waals surface area contributed by atoms with Gasteiger partial charge in [-0.2, -0.15) is 0 Å². The molecule has 4 aromatic rings. The van der Waals surface area contributed by atoms with Crippen molar-refractivity contribution < 1.29 is 18.7 Å². The zero-order chi connectivity index (χ0) is 30.0. The van der Waals surface area contributed by atoms with Crippen molar-refractivity contribution in [1.29, 1.82) is 0 Å². The molecule has 1 aliphatic rings. The number of nitrogens with zero attached hydrogens (tertiary/aromatic N) is 6. The van der Waals surface area contributed by atoms with Gasteiger partial charge in [0.2, 0.25) is 5.91 Å². The molecular formula is C31H36FN7O3. The van der Waals surface area contributed by atoms with Crippen LogP contribution < -0.4 is 10.1 Å². The molecule has 1 unspecified atom stereocenters. The lowest BCUT2D eigenvalue weighted by molar-refractivity contribution is -0.130. The molecule has 220 valence electrons. The van der Waals surface area contributed by atoms with E-state index in [1.807, 2.05) is 36.4 Å². The number of carbonyl (C=O) groups excluding carboxylic acids is 2. The van der Waals surface area contributed by atoms with E-state index >= 15 is 0 Å². The maximum Gasteiger partial charge on any atom is 0.254 e. The molecule has 0 radical (unpaired) electrons. The number of rotatable bonds is 9. The van der Waals surface area contributed by atoms with Gasteiger partial charge in [-0.25, -0.2) is 14.4 Å². The van der Waals surface area contributed by atoms with Gasteiger partial charge >= 0.3 is 0 Å². The Morgan fingerprint density at radius 2 is 1.95 bits per heavy atom. The molecule has 2 aromatic heterocycles. The van der Waals surface area contributed by atoms with Gasteiger partial charge < -0.3 is 24.8 Å². The average Bonchev–Trinajstić information content (AvgIpc) is 3.60. The van der Waals surface area contributed by atoms with E-state index in [0.29, 0.717) is 34.2 Å². The molecule has 1 atom stereocenters. The second-order valence-corrected chi connectivity index (χ2v) is 11.0. The second kappa shape index (κ2) is 12.2. The summed E-state index contributed by atoms with van der Waals surface area (Å²) < 4.78 is 21.2. The average molecular weight is 574 g/mol. The summed E-state index contributed by atoms with van der Waals surface area (Å²) in [5.74, 6) is 0.456. The van der Waals surface area contributed by atoms with Crippen molar-refractivity contribution in [3.63, 3.8) is 0 Å². The van der Waals surface area contributed by atoms with Gasteiger partial charge in [0.1, 0.15) is 0 Å². The van der Waals surface area contributed by atoms with Crippen LogP contribution in [-0.2, 0) is 4.79 Å². The van der Waals surface area contributed by atoms with Gasteiger partial charge in [0.05, 0.1) is 25.5 Å². The van der Waals surface area contributed by atoms with Gasteiger partial charge in [-0.15, -0.1) is 0 Å². The summed E-state index contributed by atoms with van der Waals surface area (Å²) in [4.78, 5) is 40.6. The van der Waals surface area contributed by atoms with E-state index in [4.69, 9.17) is 4.74 Å². The zero-order valence-electron chi connectivity index (χ0n) is 24.6. The molecule has 10 nitrogen and oxygen atoms in total. The summed E-state index contributed by atoms with van der Waals surface area (Å²) in [6.07, 6.45) is 6.05. The van der Waals surface area contributed by atoms with Crippen LogP contribution in [0.25, 0.3) is 16.9 Å². The van der Waals surface area contributed by atoms with Crippen LogP contribution in [0.4, 0.5) is 15.9 Å². The number of anilines is 2. The summed E-state index contributed by atoms with van der Waals surface area (Å²) in [5.41, 5.74) is 3.94. The highest BCUT2D eigenvalue weighted by molar-refractivity contribution is 5.98. The minimum absolute atomic E-state index is 0.0290. The Morgan fingerprint density at radius 1 is 1.14 bits per heavy atom. The zero-order valence-corrected chi connectivity index (χ0v) is 24.6. The number of halogens is 1. The highest BCUT2D eigenvalue weighted by atomic mass is 19.1. The third kappa shape index (κ3) is 6.06. The van der Waals surface area contributed by atoms with Gasteiger partial charge in [-0.05, 0) is 75.3 Å². The molecule has 2 aromatic carbocycles. The molecule has 3 heterocycles. The highest BCUT2D eigenvalue weighted by Crippen LogP contribution is 2.29. The highest BCUT2D eigenvalue weighted by Gasteiger charge is 2.28. The molecule has 2 amide bonds. The summed E-state index contributed by atoms with van der Waals surface area (Å²) in [5, 5.41) is 3.29. The number of likely N-dealkylation sites (tertiary alicyclic amines) is 1. The minimum Gasteiger partial charge on any atom is -0.494 e. The van der Waals surface area contributed by atoms with Crippen LogP contribution in [-0.4, -0.2) is 95.3 Å². The number of aryl methyl sites for hydroxylation is 1. The monoisotopic (exact) mass is 573 g/mol. The second-order valence-electron chi connectivity index (χ2n) is 11.0. The number of amides is 2. The first-order chi connectivity index (χ1) is 20.1. The van der Waals surface area contributed by atoms with Crippen molar-refractivity contribution >= 4 is 29.0 Å². The van der Waals surface area contributed by atoms with E-state index in [1.165, 1.54) is 18.1 Å². The van der Waals surface area contributed by atoms with Crippen molar-refractivity contribution in [1.82, 2.24) is 29.1 Å². The van der Waals surface area contributed by atoms with E-state index < -0.39 is 5.82 Å². The number of ether oxygens (including phenoxy) is 1. The predicted molar refractivity (Wildman–Crippen MR) is 160 cm³/mol. The first kappa shape index (κ1) is 29.0. The molecule has 1 aliphatic heterocycles. The lowest BCUT2D eigenvalue weighted by Gasteiger charge is -2.23. The van der Waals surface area contributed by atoms with Gasteiger partial charge in [0.15, 0.2) is 23.0 Å². The topological polar surface area (TPSA) is 95.3 Å². The number of benzene rings is 2. The van der Waals surface area contributed by atoms with Crippen LogP contribution in [0.1, 0.15) is 22.3 Å². The van der Waals surface area contributed by atoms with Crippen molar-refractivity contribution in [3.05, 3.63) is 71.9 Å². The van der Waals surface area contributed by atoms with Crippen LogP contribution in [0.15, 0.2) is 55.0 Å². The normalized spacial score (nSPS) is 14.9. The van der Waals surface area contributed by atoms with Crippen molar-refractivity contribution in [2.75, 3.05) is 59.7 Å². The van der Waals surface area contributed by atoms with Crippen molar-refractivity contribution in [2.45, 2.75) is 13.3 Å². The maximum absolute atomic E-state index is 14.3. The third-order valence-electron chi connectivity index (χ3n) is 7.58. The maximum atomic E-state index is 14.3. The minimum atomic E-state index is -0.456. The lowest BCUT2D eigenvalue weighted by Crippen LogP contribution is -2.40. The number of likely N-dealkylation sites (N-methyl/N-ethyl adjacent to an activating group) is 1. The first-order valence-electron chi connectivity index (χ1n) is 13.9. The van der Waals surface area contributed by atoms with Crippen molar-refractivity contribution in [3.8, 4) is 17.0 Å². The van der Waals surface area contributed by atoms with Crippen LogP contribution in [0.3, 0.4) is 0 Å². The van der Waals surface area contributed by atoms with Crippen molar-refractivity contribution in [2.24, 2.45) is 5.92 Å². The largest absolute Gasteiger partial charge is 0.494 e. The number of aromatic nitrogens is 3. The van der Waals surface area contributed by atoms with Crippen LogP contribution >= 0.6 is 0 Å². The number of nitrogens with one attached hydrogen (secondary N) is 1. The molecule has 0 bridgehead atoms. The molecule has 0 saturated carbocycles. The molecule has 42 heavy (non-hydrogen) atoms. The van der Waals surface area contributed by atoms with Crippen LogP contribution in [0.2, 0.25) is 0 Å². The fourth-order valence-corrected chi connectivity index (χ4v) is 5.47. The van der Waals surface area contributed by atoms with Gasteiger partial charge in [-0.1, -0.05) is 0 Å². The molecular weight excluding hydrogens is 537 g/mol. The van der Waals surface area contributed by atoms with E-state index in [2.05, 4.69) is 20.2 Å². The SMILES string of the molecule is COc1ccc(-c2cnc3c(Nc4ccc(C(=O)N(C)CC(=O)N5CCC(CN(C)C)C5)c(C)c4)nccn23)cc1F. The Hall–Kier alpha value is -4.51. The number of imidazole rings is 1. The van der Waals surface area contributed by atoms with Crippen LogP contribution in [0.5, 0.6) is 5.75 Å². The Balaban J connectivity index is 1.27. The predicted octanol–water partition coefficient (Wildman–Crippen LogP) is 4.08. The van der Waals surface area contributed by atoms with Gasteiger partial charge in [-0.3, -0.25) is 14.0 Å². The molecule has 1 N–H and O–H groups in total.